The Kier molecular flexibility index (Phi) is 4.94. The van der Waals surface area contributed by atoms with E-state index in [0.29, 0.717) is 0 Å². The number of allylic oxidation sites excluding steroid dienone is 4. The van der Waals surface area contributed by atoms with Gasteiger partial charge in [-0.15, -0.1) is 0 Å². The molecular weight excluding hydrogens is 242 g/mol. The SMILES string of the molecule is CCCC/N=C/c1ccccc1C1=C(C)C(C)=C(C)C1. The van der Waals surface area contributed by atoms with Crippen LogP contribution >= 0.6 is 0 Å². The molecule has 0 aromatic heterocycles. The van der Waals surface area contributed by atoms with Gasteiger partial charge in [0, 0.05) is 12.8 Å². The molecule has 1 heteroatoms. The van der Waals surface area contributed by atoms with Crippen LogP contribution in [0.5, 0.6) is 0 Å². The van der Waals surface area contributed by atoms with Crippen LogP contribution in [0.25, 0.3) is 5.57 Å². The van der Waals surface area contributed by atoms with E-state index in [1.54, 1.807) is 0 Å². The molecule has 1 aromatic rings. The molecule has 0 amide bonds. The summed E-state index contributed by atoms with van der Waals surface area (Å²) in [5.41, 5.74) is 8.46. The Morgan fingerprint density at radius 3 is 2.50 bits per heavy atom. The second kappa shape index (κ2) is 6.69. The van der Waals surface area contributed by atoms with Crippen LogP contribution in [0.4, 0.5) is 0 Å². The smallest absolute Gasteiger partial charge is 0.0389 e. The van der Waals surface area contributed by atoms with Crippen LogP contribution in [0.3, 0.4) is 0 Å². The summed E-state index contributed by atoms with van der Waals surface area (Å²) in [5.74, 6) is 0. The molecule has 0 bridgehead atoms. The average molecular weight is 267 g/mol. The first-order valence-electron chi connectivity index (χ1n) is 7.60. The van der Waals surface area contributed by atoms with Gasteiger partial charge in [-0.2, -0.15) is 0 Å². The molecule has 106 valence electrons. The van der Waals surface area contributed by atoms with Crippen molar-refractivity contribution in [2.24, 2.45) is 4.99 Å². The zero-order valence-corrected chi connectivity index (χ0v) is 13.2. The van der Waals surface area contributed by atoms with E-state index in [0.717, 1.165) is 13.0 Å². The molecule has 0 saturated carbocycles. The number of hydrogen-bond acceptors (Lipinski definition) is 1. The van der Waals surface area contributed by atoms with Gasteiger partial charge in [-0.3, -0.25) is 4.99 Å². The van der Waals surface area contributed by atoms with Gasteiger partial charge in [0.05, 0.1) is 0 Å². The molecule has 20 heavy (non-hydrogen) atoms. The Balaban J connectivity index is 2.28. The standard InChI is InChI=1S/C19H25N/c1-5-6-11-20-13-17-9-7-8-10-18(17)19-12-14(2)15(3)16(19)4/h7-10,13H,5-6,11-12H2,1-4H3/b20-13+. The molecule has 0 saturated heterocycles. The summed E-state index contributed by atoms with van der Waals surface area (Å²) >= 11 is 0. The van der Waals surface area contributed by atoms with Crippen molar-refractivity contribution in [2.45, 2.75) is 47.0 Å². The summed E-state index contributed by atoms with van der Waals surface area (Å²) < 4.78 is 0. The predicted octanol–water partition coefficient (Wildman–Crippen LogP) is 5.42. The maximum Gasteiger partial charge on any atom is 0.0389 e. The number of aliphatic imine (C=N–C) groups is 1. The Bertz CT molecular complexity index is 573. The molecule has 0 fully saturated rings. The average Bonchev–Trinajstić information content (AvgIpc) is 2.72. The lowest BCUT2D eigenvalue weighted by Gasteiger charge is -2.09. The molecular formula is C19H25N. The minimum absolute atomic E-state index is 0.930. The van der Waals surface area contributed by atoms with Crippen LogP contribution < -0.4 is 0 Å². The van der Waals surface area contributed by atoms with E-state index in [-0.39, 0.29) is 0 Å². The van der Waals surface area contributed by atoms with Crippen molar-refractivity contribution in [3.05, 3.63) is 52.1 Å². The largest absolute Gasteiger partial charge is 0.293 e. The minimum Gasteiger partial charge on any atom is -0.293 e. The molecule has 0 aliphatic heterocycles. The normalized spacial score (nSPS) is 15.8. The number of unbranched alkanes of at least 4 members (excludes halogenated alkanes) is 1. The molecule has 1 aromatic carbocycles. The van der Waals surface area contributed by atoms with E-state index in [2.05, 4.69) is 57.0 Å². The van der Waals surface area contributed by atoms with Crippen LogP contribution in [0.2, 0.25) is 0 Å². The number of nitrogens with zero attached hydrogens (tertiary/aromatic N) is 1. The number of benzene rings is 1. The molecule has 0 unspecified atom stereocenters. The summed E-state index contributed by atoms with van der Waals surface area (Å²) in [5, 5.41) is 0. The summed E-state index contributed by atoms with van der Waals surface area (Å²) in [7, 11) is 0. The maximum absolute atomic E-state index is 4.57. The molecule has 0 radical (unpaired) electrons. The maximum atomic E-state index is 4.57. The monoisotopic (exact) mass is 267 g/mol. The van der Waals surface area contributed by atoms with E-state index >= 15 is 0 Å². The molecule has 2 rings (SSSR count). The fourth-order valence-corrected chi connectivity index (χ4v) is 2.67. The van der Waals surface area contributed by atoms with Crippen molar-refractivity contribution < 1.29 is 0 Å². The van der Waals surface area contributed by atoms with Crippen molar-refractivity contribution in [1.29, 1.82) is 0 Å². The van der Waals surface area contributed by atoms with Crippen LogP contribution in [0.1, 0.15) is 58.1 Å². The highest BCUT2D eigenvalue weighted by Gasteiger charge is 2.18. The molecule has 0 atom stereocenters. The van der Waals surface area contributed by atoms with Gasteiger partial charge in [-0.25, -0.2) is 0 Å². The first kappa shape index (κ1) is 14.8. The van der Waals surface area contributed by atoms with Gasteiger partial charge in [0.15, 0.2) is 0 Å². The second-order valence-corrected chi connectivity index (χ2v) is 5.66. The van der Waals surface area contributed by atoms with Crippen molar-refractivity contribution in [3.8, 4) is 0 Å². The van der Waals surface area contributed by atoms with E-state index in [4.69, 9.17) is 0 Å². The van der Waals surface area contributed by atoms with Crippen molar-refractivity contribution >= 4 is 11.8 Å². The lowest BCUT2D eigenvalue weighted by molar-refractivity contribution is 0.810. The highest BCUT2D eigenvalue weighted by molar-refractivity contribution is 5.91. The third-order valence-corrected chi connectivity index (χ3v) is 4.25. The fourth-order valence-electron chi connectivity index (χ4n) is 2.67. The predicted molar refractivity (Wildman–Crippen MR) is 89.4 cm³/mol. The first-order chi connectivity index (χ1) is 9.65. The zero-order chi connectivity index (χ0) is 14.5. The molecule has 0 spiro atoms. The summed E-state index contributed by atoms with van der Waals surface area (Å²) in [6, 6.07) is 8.63. The fraction of sp³-hybridized carbons (Fsp3) is 0.421. The first-order valence-corrected chi connectivity index (χ1v) is 7.60. The van der Waals surface area contributed by atoms with Crippen molar-refractivity contribution in [2.75, 3.05) is 6.54 Å². The van der Waals surface area contributed by atoms with Gasteiger partial charge in [0.1, 0.15) is 0 Å². The van der Waals surface area contributed by atoms with Gasteiger partial charge in [0.25, 0.3) is 0 Å². The third-order valence-electron chi connectivity index (χ3n) is 4.25. The van der Waals surface area contributed by atoms with Gasteiger partial charge in [-0.1, -0.05) is 43.2 Å². The van der Waals surface area contributed by atoms with E-state index < -0.39 is 0 Å². The van der Waals surface area contributed by atoms with Gasteiger partial charge < -0.3 is 0 Å². The molecule has 0 heterocycles. The Morgan fingerprint density at radius 2 is 1.85 bits per heavy atom. The van der Waals surface area contributed by atoms with Crippen LogP contribution in [-0.2, 0) is 0 Å². The van der Waals surface area contributed by atoms with E-state index in [1.165, 1.54) is 46.3 Å². The Hall–Kier alpha value is -1.63. The summed E-state index contributed by atoms with van der Waals surface area (Å²) in [6.07, 6.45) is 5.50. The topological polar surface area (TPSA) is 12.4 Å². The quantitative estimate of drug-likeness (QED) is 0.499. The van der Waals surface area contributed by atoms with Crippen LogP contribution in [-0.4, -0.2) is 12.8 Å². The van der Waals surface area contributed by atoms with Crippen molar-refractivity contribution in [1.82, 2.24) is 0 Å². The highest BCUT2D eigenvalue weighted by Crippen LogP contribution is 2.38. The zero-order valence-electron chi connectivity index (χ0n) is 13.2. The summed E-state index contributed by atoms with van der Waals surface area (Å²) in [6.45, 7) is 9.85. The minimum atomic E-state index is 0.930. The second-order valence-electron chi connectivity index (χ2n) is 5.66. The van der Waals surface area contributed by atoms with Crippen molar-refractivity contribution in [3.63, 3.8) is 0 Å². The van der Waals surface area contributed by atoms with E-state index in [9.17, 15) is 0 Å². The Morgan fingerprint density at radius 1 is 1.10 bits per heavy atom. The lowest BCUT2D eigenvalue weighted by Crippen LogP contribution is -1.94. The van der Waals surface area contributed by atoms with Gasteiger partial charge >= 0.3 is 0 Å². The lowest BCUT2D eigenvalue weighted by atomic mass is 9.96. The molecule has 1 aliphatic carbocycles. The summed E-state index contributed by atoms with van der Waals surface area (Å²) in [4.78, 5) is 4.57. The Labute approximate surface area is 123 Å². The molecule has 0 N–H and O–H groups in total. The van der Waals surface area contributed by atoms with Gasteiger partial charge in [0.2, 0.25) is 0 Å². The molecule has 1 nitrogen and oxygen atoms in total. The highest BCUT2D eigenvalue weighted by atomic mass is 14.7. The van der Waals surface area contributed by atoms with Gasteiger partial charge in [-0.05, 0) is 61.5 Å². The number of rotatable bonds is 5. The third kappa shape index (κ3) is 3.09. The number of hydrogen-bond donors (Lipinski definition) is 0. The van der Waals surface area contributed by atoms with E-state index in [1.807, 2.05) is 6.21 Å². The molecule has 1 aliphatic rings. The van der Waals surface area contributed by atoms with Crippen LogP contribution in [0, 0.1) is 0 Å². The van der Waals surface area contributed by atoms with Crippen LogP contribution in [0.15, 0.2) is 46.0 Å².